The van der Waals surface area contributed by atoms with E-state index in [0.717, 1.165) is 16.6 Å². The Morgan fingerprint density at radius 1 is 1.43 bits per heavy atom. The van der Waals surface area contributed by atoms with E-state index in [1.807, 2.05) is 30.5 Å². The van der Waals surface area contributed by atoms with Crippen molar-refractivity contribution in [1.29, 1.82) is 0 Å². The number of nitrogens with zero attached hydrogens (tertiary/aromatic N) is 1. The van der Waals surface area contributed by atoms with Crippen LogP contribution in [0.2, 0.25) is 0 Å². The summed E-state index contributed by atoms with van der Waals surface area (Å²) < 4.78 is 0. The van der Waals surface area contributed by atoms with E-state index in [2.05, 4.69) is 16.4 Å². The van der Waals surface area contributed by atoms with E-state index in [0.29, 0.717) is 10.6 Å². The number of aromatic nitrogens is 1. The highest BCUT2D eigenvalue weighted by atomic mass is 32.1. The lowest BCUT2D eigenvalue weighted by Crippen LogP contribution is -2.33. The zero-order valence-electron chi connectivity index (χ0n) is 11.5. The van der Waals surface area contributed by atoms with Crippen LogP contribution in [-0.2, 0) is 6.42 Å². The second kappa shape index (κ2) is 5.83. The highest BCUT2D eigenvalue weighted by Crippen LogP contribution is 2.31. The van der Waals surface area contributed by atoms with Gasteiger partial charge in [-0.05, 0) is 30.5 Å². The van der Waals surface area contributed by atoms with E-state index in [1.54, 1.807) is 17.5 Å². The van der Waals surface area contributed by atoms with Gasteiger partial charge in [-0.3, -0.25) is 4.79 Å². The molecule has 0 aromatic carbocycles. The summed E-state index contributed by atoms with van der Waals surface area (Å²) >= 11 is 3.03. The molecular formula is C15H15N3OS2. The van der Waals surface area contributed by atoms with Crippen LogP contribution in [0.25, 0.3) is 10.2 Å². The van der Waals surface area contributed by atoms with Crippen molar-refractivity contribution in [2.45, 2.75) is 19.4 Å². The predicted molar refractivity (Wildman–Crippen MR) is 89.0 cm³/mol. The Balaban J connectivity index is 1.76. The first kappa shape index (κ1) is 14.0. The van der Waals surface area contributed by atoms with Gasteiger partial charge in [0.2, 0.25) is 0 Å². The topological polar surface area (TPSA) is 68.0 Å². The number of anilines is 1. The van der Waals surface area contributed by atoms with Gasteiger partial charge in [-0.1, -0.05) is 6.07 Å². The summed E-state index contributed by atoms with van der Waals surface area (Å²) in [6.45, 7) is 2.00. The van der Waals surface area contributed by atoms with Crippen molar-refractivity contribution in [2.24, 2.45) is 0 Å². The van der Waals surface area contributed by atoms with Gasteiger partial charge in [-0.15, -0.1) is 22.7 Å². The Labute approximate surface area is 130 Å². The number of nitrogen functional groups attached to an aromatic ring is 1. The van der Waals surface area contributed by atoms with Gasteiger partial charge in [0.15, 0.2) is 0 Å². The molecule has 3 N–H and O–H groups in total. The Morgan fingerprint density at radius 2 is 2.29 bits per heavy atom. The van der Waals surface area contributed by atoms with Crippen LogP contribution < -0.4 is 11.1 Å². The van der Waals surface area contributed by atoms with E-state index in [4.69, 9.17) is 5.73 Å². The molecule has 0 saturated heterocycles. The first-order valence-electron chi connectivity index (χ1n) is 6.61. The SMILES string of the molecule is CC(Cc1cccs1)NC(=O)c1sc2ncccc2c1N. The van der Waals surface area contributed by atoms with Crippen molar-refractivity contribution in [3.63, 3.8) is 0 Å². The van der Waals surface area contributed by atoms with Gasteiger partial charge in [0.1, 0.15) is 9.71 Å². The first-order chi connectivity index (χ1) is 10.1. The number of fused-ring (bicyclic) bond motifs is 1. The van der Waals surface area contributed by atoms with Gasteiger partial charge < -0.3 is 11.1 Å². The molecule has 21 heavy (non-hydrogen) atoms. The van der Waals surface area contributed by atoms with E-state index in [-0.39, 0.29) is 11.9 Å². The summed E-state index contributed by atoms with van der Waals surface area (Å²) in [5.41, 5.74) is 6.58. The van der Waals surface area contributed by atoms with Crippen molar-refractivity contribution in [3.8, 4) is 0 Å². The molecule has 3 rings (SSSR count). The minimum absolute atomic E-state index is 0.0636. The third kappa shape index (κ3) is 2.91. The van der Waals surface area contributed by atoms with Crippen LogP contribution in [0, 0.1) is 0 Å². The number of rotatable bonds is 4. The highest BCUT2D eigenvalue weighted by Gasteiger charge is 2.18. The molecule has 1 atom stereocenters. The molecule has 0 aliphatic rings. The number of carbonyl (C=O) groups excluding carboxylic acids is 1. The van der Waals surface area contributed by atoms with E-state index in [1.165, 1.54) is 16.2 Å². The standard InChI is InChI=1S/C15H15N3OS2/c1-9(8-10-4-3-7-20-10)18-14(19)13-12(16)11-5-2-6-17-15(11)21-13/h2-7,9H,8,16H2,1H3,(H,18,19). The Hall–Kier alpha value is -1.92. The maximum Gasteiger partial charge on any atom is 0.263 e. The van der Waals surface area contributed by atoms with Crippen LogP contribution >= 0.6 is 22.7 Å². The summed E-state index contributed by atoms with van der Waals surface area (Å²) in [5, 5.41) is 5.89. The fraction of sp³-hybridized carbons (Fsp3) is 0.200. The van der Waals surface area contributed by atoms with Crippen LogP contribution in [0.3, 0.4) is 0 Å². The molecule has 0 bridgehead atoms. The normalized spacial score (nSPS) is 12.4. The second-order valence-electron chi connectivity index (χ2n) is 4.86. The molecule has 1 amide bonds. The quantitative estimate of drug-likeness (QED) is 0.776. The molecule has 108 valence electrons. The van der Waals surface area contributed by atoms with Crippen LogP contribution in [0.1, 0.15) is 21.5 Å². The number of carbonyl (C=O) groups is 1. The minimum Gasteiger partial charge on any atom is -0.397 e. The zero-order valence-corrected chi connectivity index (χ0v) is 13.1. The molecule has 0 radical (unpaired) electrons. The lowest BCUT2D eigenvalue weighted by molar-refractivity contribution is 0.0945. The number of nitrogens with two attached hydrogens (primary N) is 1. The van der Waals surface area contributed by atoms with Gasteiger partial charge >= 0.3 is 0 Å². The van der Waals surface area contributed by atoms with E-state index < -0.39 is 0 Å². The van der Waals surface area contributed by atoms with Crippen LogP contribution in [0.4, 0.5) is 5.69 Å². The summed E-state index contributed by atoms with van der Waals surface area (Å²) in [5.74, 6) is -0.125. The molecule has 0 aliphatic carbocycles. The number of pyridine rings is 1. The molecule has 1 unspecified atom stereocenters. The average molecular weight is 317 g/mol. The smallest absolute Gasteiger partial charge is 0.263 e. The van der Waals surface area contributed by atoms with E-state index >= 15 is 0 Å². The van der Waals surface area contributed by atoms with Crippen molar-refractivity contribution in [3.05, 3.63) is 45.6 Å². The molecule has 4 nitrogen and oxygen atoms in total. The summed E-state index contributed by atoms with van der Waals surface area (Å²) in [4.78, 5) is 19.2. The Bertz CT molecular complexity index is 764. The van der Waals surface area contributed by atoms with Gasteiger partial charge in [0.25, 0.3) is 5.91 Å². The van der Waals surface area contributed by atoms with Crippen molar-refractivity contribution in [2.75, 3.05) is 5.73 Å². The van der Waals surface area contributed by atoms with Crippen LogP contribution in [0.15, 0.2) is 35.8 Å². The maximum atomic E-state index is 12.4. The Morgan fingerprint density at radius 3 is 3.00 bits per heavy atom. The van der Waals surface area contributed by atoms with Crippen LogP contribution in [-0.4, -0.2) is 16.9 Å². The third-order valence-electron chi connectivity index (χ3n) is 3.18. The summed E-state index contributed by atoms with van der Waals surface area (Å²) in [6.07, 6.45) is 2.53. The average Bonchev–Trinajstić information content (AvgIpc) is 3.07. The monoisotopic (exact) mass is 317 g/mol. The second-order valence-corrected chi connectivity index (χ2v) is 6.89. The van der Waals surface area contributed by atoms with E-state index in [9.17, 15) is 4.79 Å². The fourth-order valence-electron chi connectivity index (χ4n) is 2.19. The first-order valence-corrected chi connectivity index (χ1v) is 8.31. The van der Waals surface area contributed by atoms with Crippen molar-refractivity contribution < 1.29 is 4.79 Å². The highest BCUT2D eigenvalue weighted by molar-refractivity contribution is 7.21. The molecule has 0 saturated carbocycles. The number of amides is 1. The van der Waals surface area contributed by atoms with Crippen LogP contribution in [0.5, 0.6) is 0 Å². The molecule has 3 heterocycles. The maximum absolute atomic E-state index is 12.4. The summed E-state index contributed by atoms with van der Waals surface area (Å²) in [7, 11) is 0. The molecule has 0 aliphatic heterocycles. The number of hydrogen-bond acceptors (Lipinski definition) is 5. The molecule has 0 fully saturated rings. The predicted octanol–water partition coefficient (Wildman–Crippen LogP) is 3.30. The van der Waals surface area contributed by atoms with Gasteiger partial charge in [-0.2, -0.15) is 0 Å². The molecule has 6 heteroatoms. The number of hydrogen-bond donors (Lipinski definition) is 2. The zero-order chi connectivity index (χ0) is 14.8. The third-order valence-corrected chi connectivity index (χ3v) is 5.20. The Kier molecular flexibility index (Phi) is 3.90. The number of nitrogens with one attached hydrogen (secondary N) is 1. The largest absolute Gasteiger partial charge is 0.397 e. The van der Waals surface area contributed by atoms with Crippen molar-refractivity contribution >= 4 is 44.5 Å². The van der Waals surface area contributed by atoms with Gasteiger partial charge in [-0.25, -0.2) is 4.98 Å². The molecule has 3 aromatic rings. The van der Waals surface area contributed by atoms with Crippen molar-refractivity contribution in [1.82, 2.24) is 10.3 Å². The summed E-state index contributed by atoms with van der Waals surface area (Å²) in [6, 6.07) is 7.87. The molecular weight excluding hydrogens is 302 g/mol. The molecule has 0 spiro atoms. The van der Waals surface area contributed by atoms with Gasteiger partial charge in [0.05, 0.1) is 5.69 Å². The number of thiophene rings is 2. The minimum atomic E-state index is -0.125. The lowest BCUT2D eigenvalue weighted by Gasteiger charge is -2.12. The lowest BCUT2D eigenvalue weighted by atomic mass is 10.2. The van der Waals surface area contributed by atoms with Gasteiger partial charge in [0, 0.05) is 28.9 Å². The fourth-order valence-corrected chi connectivity index (χ4v) is 3.99. The molecule has 3 aromatic heterocycles.